The molecule has 0 fully saturated rings. The largest absolute Gasteiger partial charge is 0.265 e. The van der Waals surface area contributed by atoms with E-state index in [0.29, 0.717) is 7.18 Å². The van der Waals surface area contributed by atoms with E-state index in [1.165, 1.54) is 158 Å². The van der Waals surface area contributed by atoms with E-state index in [4.69, 9.17) is 15.4 Å². The molecule has 0 N–H and O–H groups in total. The summed E-state index contributed by atoms with van der Waals surface area (Å²) in [6.45, 7) is 19.4. The Labute approximate surface area is 615 Å². The van der Waals surface area contributed by atoms with Crippen molar-refractivity contribution in [1.82, 2.24) is 0 Å². The minimum Gasteiger partial charge on any atom is -0.265 e. The standard InChI is InChI=1S/C26H18.C26H20.2C16H16.C2H3N.CH3Br.CH3Cl.CH3F.CH3I.CH3NO2/c1-17-14-15-21-20-10-4-7-13-24(20)26(25(21)16-17)22-11-5-2-8-18(22)19-9-3-6-12-23(19)26;1-19-16-17-23-22-14-8-9-15-24(22)26(25(23)18-19,20-10-4-2-5-11-20)21-12-6-3-7-13-21;1-11-8-9-15-13(10-11)12-6-4-5-7-14(12)16(15,2)3;1-11-8-9-13-12-6-4-5-7-14(12)16(2,3)15(13)10-11;1-2-3;4*1-2;1-2(3)4/h2-16H,1H3;2-18H,1H3;2*4-10H,1-3H3;1H3;4*1H3;1H3. The SMILES string of the molecule is CBr.CC#N.CCl.CF.CI.C[N+](=O)[O-].Cc1ccc2c(c1)-c1ccccc1C2(C)C.Cc1ccc2c(c1)C(C)(C)c1ccccc1-2.Cc1ccc2c(c1)C(c1ccccc1)(c1ccccc1)c1ccccc1-2.Cc1ccc2c(c1)C1(c3ccccc3-c3ccccc31)c1ccccc1-2. The molecular weight excluding hydrogens is 1410 g/mol. The second-order valence-electron chi connectivity index (χ2n) is 25.6. The van der Waals surface area contributed by atoms with Gasteiger partial charge >= 0.3 is 0 Å². The van der Waals surface area contributed by atoms with Crippen molar-refractivity contribution in [2.75, 3.05) is 31.4 Å². The number of rotatable bonds is 2. The molecular formula is C91H88BrClFIN2O2. The first-order chi connectivity index (χ1) is 48.0. The van der Waals surface area contributed by atoms with Gasteiger partial charge in [0.2, 0.25) is 0 Å². The van der Waals surface area contributed by atoms with Crippen LogP contribution in [-0.4, -0.2) is 36.3 Å². The lowest BCUT2D eigenvalue weighted by molar-refractivity contribution is -0.445. The third-order valence-corrected chi connectivity index (χ3v) is 19.2. The van der Waals surface area contributed by atoms with Gasteiger partial charge in [-0.1, -0.05) is 368 Å². The molecule has 99 heavy (non-hydrogen) atoms. The minimum absolute atomic E-state index is 0.151. The molecule has 0 atom stereocenters. The predicted octanol–water partition coefficient (Wildman–Crippen LogP) is 25.2. The average Bonchev–Trinajstić information content (AvgIpc) is 1.52. The molecule has 0 aromatic heterocycles. The number of benzene rings is 12. The number of halogens is 4. The Morgan fingerprint density at radius 2 is 0.566 bits per heavy atom. The van der Waals surface area contributed by atoms with Gasteiger partial charge in [-0.25, -0.2) is 0 Å². The van der Waals surface area contributed by atoms with Crippen LogP contribution in [0.2, 0.25) is 0 Å². The predicted molar refractivity (Wildman–Crippen MR) is 431 cm³/mol. The molecule has 0 radical (unpaired) electrons. The van der Waals surface area contributed by atoms with E-state index in [9.17, 15) is 4.39 Å². The van der Waals surface area contributed by atoms with E-state index in [-0.39, 0.29) is 21.7 Å². The maximum Gasteiger partial charge on any atom is 0.194 e. The van der Waals surface area contributed by atoms with Crippen LogP contribution in [0.5, 0.6) is 0 Å². The number of nitro groups is 1. The highest BCUT2D eigenvalue weighted by molar-refractivity contribution is 14.1. The summed E-state index contributed by atoms with van der Waals surface area (Å²) in [6.07, 6.45) is 1.47. The summed E-state index contributed by atoms with van der Waals surface area (Å²) >= 11 is 9.73. The molecule has 4 nitrogen and oxygen atoms in total. The summed E-state index contributed by atoms with van der Waals surface area (Å²) in [5.74, 6) is 1.81. The van der Waals surface area contributed by atoms with Gasteiger partial charge in [0.1, 0.15) is 0 Å². The van der Waals surface area contributed by atoms with Crippen molar-refractivity contribution < 1.29 is 9.31 Å². The number of fused-ring (bicyclic) bond motifs is 19. The van der Waals surface area contributed by atoms with E-state index >= 15 is 0 Å². The zero-order valence-corrected chi connectivity index (χ0v) is 63.8. The van der Waals surface area contributed by atoms with Crippen molar-refractivity contribution in [1.29, 1.82) is 5.26 Å². The zero-order valence-electron chi connectivity index (χ0n) is 59.3. The van der Waals surface area contributed by atoms with Crippen LogP contribution in [0.4, 0.5) is 4.39 Å². The Balaban J connectivity index is 0.000000161. The maximum absolute atomic E-state index is 9.50. The Morgan fingerprint density at radius 3 is 0.919 bits per heavy atom. The first kappa shape index (κ1) is 75.7. The highest BCUT2D eigenvalue weighted by atomic mass is 127. The van der Waals surface area contributed by atoms with Gasteiger partial charge < -0.3 is 0 Å². The van der Waals surface area contributed by atoms with Gasteiger partial charge in [-0.05, 0) is 161 Å². The molecule has 0 amide bonds. The summed E-state index contributed by atoms with van der Waals surface area (Å²) in [5.41, 5.74) is 35.9. The van der Waals surface area contributed by atoms with Crippen molar-refractivity contribution >= 4 is 50.1 Å². The molecule has 5 aliphatic carbocycles. The fraction of sp³-hybridized carbons (Fsp3) is 0.198. The van der Waals surface area contributed by atoms with E-state index < -0.39 is 4.92 Å². The molecule has 0 heterocycles. The number of nitrogens with zero attached hydrogens (tertiary/aromatic N) is 2. The van der Waals surface area contributed by atoms with Crippen LogP contribution in [0.1, 0.15) is 124 Å². The second-order valence-corrected chi connectivity index (χ2v) is 25.6. The average molecular weight is 1500 g/mol. The molecule has 0 unspecified atom stereocenters. The second kappa shape index (κ2) is 33.7. The van der Waals surface area contributed by atoms with Gasteiger partial charge in [-0.15, -0.1) is 11.6 Å². The van der Waals surface area contributed by atoms with E-state index in [2.05, 4.69) is 385 Å². The summed E-state index contributed by atoms with van der Waals surface area (Å²) in [5, 5.41) is 16.1. The van der Waals surface area contributed by atoms with Crippen molar-refractivity contribution in [2.24, 2.45) is 0 Å². The van der Waals surface area contributed by atoms with Gasteiger partial charge in [-0.3, -0.25) is 14.5 Å². The molecule has 0 saturated heterocycles. The third-order valence-electron chi connectivity index (χ3n) is 19.2. The lowest BCUT2D eigenvalue weighted by atomic mass is 9.67. The highest BCUT2D eigenvalue weighted by Gasteiger charge is 2.52. The van der Waals surface area contributed by atoms with Crippen LogP contribution in [0.15, 0.2) is 279 Å². The van der Waals surface area contributed by atoms with Crippen LogP contribution in [0.25, 0.3) is 55.6 Å². The van der Waals surface area contributed by atoms with Gasteiger partial charge in [0.15, 0.2) is 7.05 Å². The number of nitriles is 1. The lowest BCUT2D eigenvalue weighted by Gasteiger charge is -2.34. The number of hydrogen-bond donors (Lipinski definition) is 0. The summed E-state index contributed by atoms with van der Waals surface area (Å²) in [6, 6.07) is 104. The number of hydrogen-bond acceptors (Lipinski definition) is 3. The molecule has 8 heteroatoms. The molecule has 0 bridgehead atoms. The Bertz CT molecular complexity index is 4600. The minimum atomic E-state index is -0.500. The van der Waals surface area contributed by atoms with Crippen molar-refractivity contribution in [2.45, 2.75) is 84.0 Å². The van der Waals surface area contributed by atoms with E-state index in [1.54, 1.807) is 6.07 Å². The van der Waals surface area contributed by atoms with Crippen molar-refractivity contribution in [3.63, 3.8) is 0 Å². The summed E-state index contributed by atoms with van der Waals surface area (Å²) < 4.78 is 9.50. The van der Waals surface area contributed by atoms with Crippen LogP contribution in [0.3, 0.4) is 0 Å². The monoisotopic (exact) mass is 1500 g/mol. The first-order valence-electron chi connectivity index (χ1n) is 33.0. The Morgan fingerprint density at radius 1 is 0.354 bits per heavy atom. The molecule has 0 saturated carbocycles. The van der Waals surface area contributed by atoms with E-state index in [0.717, 1.165) is 7.05 Å². The first-order valence-corrected chi connectivity index (χ1v) is 37.5. The molecule has 502 valence electrons. The normalized spacial score (nSPS) is 13.1. The Kier molecular flexibility index (Phi) is 25.8. The van der Waals surface area contributed by atoms with Crippen LogP contribution < -0.4 is 0 Å². The third kappa shape index (κ3) is 14.3. The van der Waals surface area contributed by atoms with Crippen LogP contribution in [0, 0.1) is 49.1 Å². The van der Waals surface area contributed by atoms with Gasteiger partial charge in [0.05, 0.1) is 24.1 Å². The quantitative estimate of drug-likeness (QED) is 0.0750. The fourth-order valence-corrected chi connectivity index (χ4v) is 15.4. The zero-order chi connectivity index (χ0) is 71.8. The van der Waals surface area contributed by atoms with Gasteiger partial charge in [0, 0.05) is 29.1 Å². The highest BCUT2D eigenvalue weighted by Crippen LogP contribution is 2.63. The molecule has 1 spiro atoms. The van der Waals surface area contributed by atoms with Gasteiger partial charge in [-0.2, -0.15) is 5.26 Å². The molecule has 12 aromatic carbocycles. The fourth-order valence-electron chi connectivity index (χ4n) is 15.4. The van der Waals surface area contributed by atoms with Crippen LogP contribution in [-0.2, 0) is 21.7 Å². The Hall–Kier alpha value is -9.04. The smallest absolute Gasteiger partial charge is 0.194 e. The number of alkyl halides is 4. The molecule has 17 rings (SSSR count). The number of aryl methyl sites for hydroxylation is 4. The van der Waals surface area contributed by atoms with Crippen LogP contribution >= 0.6 is 50.1 Å². The molecule has 12 aromatic rings. The lowest BCUT2D eigenvalue weighted by Crippen LogP contribution is -2.28. The summed E-state index contributed by atoms with van der Waals surface area (Å²) in [4.78, 5) is 10.3. The molecule has 0 aliphatic heterocycles. The van der Waals surface area contributed by atoms with E-state index in [1.807, 2.05) is 10.8 Å². The van der Waals surface area contributed by atoms with Crippen molar-refractivity contribution in [3.8, 4) is 61.7 Å². The van der Waals surface area contributed by atoms with Gasteiger partial charge in [0.25, 0.3) is 0 Å². The molecule has 5 aliphatic rings. The maximum atomic E-state index is 9.50. The van der Waals surface area contributed by atoms with Crippen molar-refractivity contribution in [3.05, 3.63) is 378 Å². The summed E-state index contributed by atoms with van der Waals surface area (Å²) in [7, 11) is 1.39. The topological polar surface area (TPSA) is 66.9 Å².